The Labute approximate surface area is 83.2 Å². The van der Waals surface area contributed by atoms with Crippen molar-refractivity contribution in [3.8, 4) is 5.69 Å². The molecule has 0 radical (unpaired) electrons. The van der Waals surface area contributed by atoms with Gasteiger partial charge in [0.25, 0.3) is 0 Å². The van der Waals surface area contributed by atoms with Gasteiger partial charge in [-0.25, -0.2) is 4.68 Å². The van der Waals surface area contributed by atoms with Crippen molar-refractivity contribution >= 4 is 0 Å². The van der Waals surface area contributed by atoms with E-state index in [4.69, 9.17) is 0 Å². The maximum Gasteiger partial charge on any atom is 0.0683 e. The number of nitrogens with zero attached hydrogens (tertiary/aromatic N) is 2. The first-order valence-electron chi connectivity index (χ1n) is 4.97. The zero-order chi connectivity index (χ0) is 9.54. The van der Waals surface area contributed by atoms with E-state index in [2.05, 4.69) is 41.0 Å². The molecule has 0 fully saturated rings. The van der Waals surface area contributed by atoms with E-state index in [-0.39, 0.29) is 0 Å². The van der Waals surface area contributed by atoms with Gasteiger partial charge in [0.2, 0.25) is 0 Å². The van der Waals surface area contributed by atoms with Crippen molar-refractivity contribution in [2.24, 2.45) is 0 Å². The molecule has 0 N–H and O–H groups in total. The van der Waals surface area contributed by atoms with Gasteiger partial charge in [-0.2, -0.15) is 5.10 Å². The SMILES string of the molecule is Cc1ccc2c(c1)-n1nccc1CC2. The summed E-state index contributed by atoms with van der Waals surface area (Å²) in [5, 5.41) is 4.36. The molecule has 0 unspecified atom stereocenters. The molecule has 2 heteroatoms. The number of hydrogen-bond acceptors (Lipinski definition) is 1. The summed E-state index contributed by atoms with van der Waals surface area (Å²) in [6.07, 6.45) is 4.13. The minimum atomic E-state index is 1.11. The van der Waals surface area contributed by atoms with Gasteiger partial charge < -0.3 is 0 Å². The van der Waals surface area contributed by atoms with Crippen LogP contribution in [0.25, 0.3) is 5.69 Å². The van der Waals surface area contributed by atoms with Crippen molar-refractivity contribution in [1.82, 2.24) is 9.78 Å². The van der Waals surface area contributed by atoms with E-state index in [1.807, 2.05) is 6.20 Å². The topological polar surface area (TPSA) is 17.8 Å². The van der Waals surface area contributed by atoms with Crippen molar-refractivity contribution in [2.45, 2.75) is 19.8 Å². The molecule has 0 amide bonds. The first kappa shape index (κ1) is 7.80. The third kappa shape index (κ3) is 1.00. The standard InChI is InChI=1S/C12H12N2/c1-9-2-3-10-4-5-11-6-7-13-14(11)12(10)8-9/h2-3,6-8H,4-5H2,1H3. The normalized spacial score (nSPS) is 13.5. The fourth-order valence-corrected chi connectivity index (χ4v) is 2.08. The van der Waals surface area contributed by atoms with Crippen molar-refractivity contribution in [3.63, 3.8) is 0 Å². The molecule has 0 saturated carbocycles. The molecule has 3 rings (SSSR count). The lowest BCUT2D eigenvalue weighted by Crippen LogP contribution is -2.12. The lowest BCUT2D eigenvalue weighted by atomic mass is 10.0. The molecule has 2 heterocycles. The van der Waals surface area contributed by atoms with Crippen molar-refractivity contribution < 1.29 is 0 Å². The van der Waals surface area contributed by atoms with Crippen LogP contribution in [0.4, 0.5) is 0 Å². The first-order valence-corrected chi connectivity index (χ1v) is 4.97. The van der Waals surface area contributed by atoms with E-state index < -0.39 is 0 Å². The highest BCUT2D eigenvalue weighted by molar-refractivity contribution is 5.46. The fourth-order valence-electron chi connectivity index (χ4n) is 2.08. The fraction of sp³-hybridized carbons (Fsp3) is 0.250. The molecule has 1 aromatic heterocycles. The molecule has 0 atom stereocenters. The van der Waals surface area contributed by atoms with Gasteiger partial charge in [-0.1, -0.05) is 12.1 Å². The summed E-state index contributed by atoms with van der Waals surface area (Å²) in [6, 6.07) is 8.71. The van der Waals surface area contributed by atoms with Gasteiger partial charge in [0.1, 0.15) is 0 Å². The Hall–Kier alpha value is -1.57. The highest BCUT2D eigenvalue weighted by Gasteiger charge is 2.15. The average Bonchev–Trinajstić information content (AvgIpc) is 2.65. The van der Waals surface area contributed by atoms with Crippen LogP contribution in [-0.2, 0) is 12.8 Å². The second kappa shape index (κ2) is 2.71. The van der Waals surface area contributed by atoms with Crippen LogP contribution in [-0.4, -0.2) is 9.78 Å². The summed E-state index contributed by atoms with van der Waals surface area (Å²) >= 11 is 0. The van der Waals surface area contributed by atoms with Crippen molar-refractivity contribution in [2.75, 3.05) is 0 Å². The van der Waals surface area contributed by atoms with Crippen LogP contribution in [0, 0.1) is 6.92 Å². The Morgan fingerprint density at radius 2 is 2.14 bits per heavy atom. The van der Waals surface area contributed by atoms with Crippen LogP contribution >= 0.6 is 0 Å². The van der Waals surface area contributed by atoms with Gasteiger partial charge in [-0.05, 0) is 43.0 Å². The Balaban J connectivity index is 2.28. The van der Waals surface area contributed by atoms with E-state index in [9.17, 15) is 0 Å². The first-order chi connectivity index (χ1) is 6.84. The Morgan fingerprint density at radius 1 is 1.21 bits per heavy atom. The van der Waals surface area contributed by atoms with E-state index in [0.29, 0.717) is 0 Å². The van der Waals surface area contributed by atoms with Gasteiger partial charge >= 0.3 is 0 Å². The zero-order valence-corrected chi connectivity index (χ0v) is 8.20. The third-order valence-electron chi connectivity index (χ3n) is 2.84. The van der Waals surface area contributed by atoms with Gasteiger partial charge in [-0.3, -0.25) is 0 Å². The number of aryl methyl sites for hydroxylation is 3. The maximum atomic E-state index is 4.36. The predicted molar refractivity (Wildman–Crippen MR) is 55.7 cm³/mol. The number of fused-ring (bicyclic) bond motifs is 3. The molecule has 0 spiro atoms. The summed E-state index contributed by atoms with van der Waals surface area (Å²) in [6.45, 7) is 2.12. The van der Waals surface area contributed by atoms with Gasteiger partial charge in [-0.15, -0.1) is 0 Å². The van der Waals surface area contributed by atoms with Crippen LogP contribution in [0.15, 0.2) is 30.5 Å². The molecule has 0 aliphatic carbocycles. The van der Waals surface area contributed by atoms with Crippen LogP contribution < -0.4 is 0 Å². The highest BCUT2D eigenvalue weighted by atomic mass is 15.3. The quantitative estimate of drug-likeness (QED) is 0.614. The molecule has 0 bridgehead atoms. The minimum Gasteiger partial charge on any atom is -0.238 e. The molecule has 14 heavy (non-hydrogen) atoms. The van der Waals surface area contributed by atoms with E-state index in [1.165, 1.54) is 22.5 Å². The second-order valence-electron chi connectivity index (χ2n) is 3.87. The summed E-state index contributed by atoms with van der Waals surface area (Å²) in [4.78, 5) is 0. The van der Waals surface area contributed by atoms with Gasteiger partial charge in [0.15, 0.2) is 0 Å². The number of rotatable bonds is 0. The maximum absolute atomic E-state index is 4.36. The van der Waals surface area contributed by atoms with E-state index >= 15 is 0 Å². The molecule has 2 nitrogen and oxygen atoms in total. The number of benzene rings is 1. The van der Waals surface area contributed by atoms with Crippen LogP contribution in [0.2, 0.25) is 0 Å². The summed E-state index contributed by atoms with van der Waals surface area (Å²) in [5.41, 5.74) is 5.29. The molecule has 2 aromatic rings. The molecular weight excluding hydrogens is 172 g/mol. The zero-order valence-electron chi connectivity index (χ0n) is 8.20. The largest absolute Gasteiger partial charge is 0.238 e. The van der Waals surface area contributed by atoms with Gasteiger partial charge in [0.05, 0.1) is 5.69 Å². The third-order valence-corrected chi connectivity index (χ3v) is 2.84. The van der Waals surface area contributed by atoms with Gasteiger partial charge in [0, 0.05) is 11.9 Å². The Morgan fingerprint density at radius 3 is 3.07 bits per heavy atom. The Bertz CT molecular complexity index is 483. The molecule has 1 aliphatic heterocycles. The average molecular weight is 184 g/mol. The monoisotopic (exact) mass is 184 g/mol. The highest BCUT2D eigenvalue weighted by Crippen LogP contribution is 2.24. The Kier molecular flexibility index (Phi) is 1.51. The van der Waals surface area contributed by atoms with Crippen LogP contribution in [0.3, 0.4) is 0 Å². The summed E-state index contributed by atoms with van der Waals surface area (Å²) < 4.78 is 2.06. The minimum absolute atomic E-state index is 1.11. The predicted octanol–water partition coefficient (Wildman–Crippen LogP) is 2.28. The van der Waals surface area contributed by atoms with E-state index in [0.717, 1.165) is 12.8 Å². The number of aromatic nitrogens is 2. The summed E-state index contributed by atoms with van der Waals surface area (Å²) in [5.74, 6) is 0. The molecular formula is C12H12N2. The summed E-state index contributed by atoms with van der Waals surface area (Å²) in [7, 11) is 0. The van der Waals surface area contributed by atoms with E-state index in [1.54, 1.807) is 0 Å². The van der Waals surface area contributed by atoms with Crippen LogP contribution in [0.1, 0.15) is 16.8 Å². The molecule has 0 saturated heterocycles. The molecule has 1 aliphatic rings. The lowest BCUT2D eigenvalue weighted by Gasteiger charge is -2.18. The smallest absolute Gasteiger partial charge is 0.0683 e. The van der Waals surface area contributed by atoms with Crippen molar-refractivity contribution in [3.05, 3.63) is 47.3 Å². The number of hydrogen-bond donors (Lipinski definition) is 0. The molecule has 70 valence electrons. The lowest BCUT2D eigenvalue weighted by molar-refractivity contribution is 0.736. The molecule has 1 aromatic carbocycles. The van der Waals surface area contributed by atoms with Crippen molar-refractivity contribution in [1.29, 1.82) is 0 Å². The second-order valence-corrected chi connectivity index (χ2v) is 3.87. The van der Waals surface area contributed by atoms with Crippen LogP contribution in [0.5, 0.6) is 0 Å².